The molecule has 1 rings (SSSR count). The van der Waals surface area contributed by atoms with E-state index in [-0.39, 0.29) is 5.91 Å². The highest BCUT2D eigenvalue weighted by molar-refractivity contribution is 5.92. The SMILES string of the molecule is CCN(CC)c1cc(C(=O)NCCOC)ncn1. The number of hydrogen-bond acceptors (Lipinski definition) is 5. The Bertz CT molecular complexity index is 380. The molecule has 0 spiro atoms. The number of nitrogens with one attached hydrogen (secondary N) is 1. The highest BCUT2D eigenvalue weighted by Crippen LogP contribution is 2.10. The first-order valence-corrected chi connectivity index (χ1v) is 6.07. The highest BCUT2D eigenvalue weighted by Gasteiger charge is 2.10. The van der Waals surface area contributed by atoms with Crippen LogP contribution < -0.4 is 10.2 Å². The predicted molar refractivity (Wildman–Crippen MR) is 69.8 cm³/mol. The summed E-state index contributed by atoms with van der Waals surface area (Å²) in [5.74, 6) is 0.565. The molecule has 6 heteroatoms. The van der Waals surface area contributed by atoms with Crippen molar-refractivity contribution in [2.24, 2.45) is 0 Å². The molecule has 18 heavy (non-hydrogen) atoms. The summed E-state index contributed by atoms with van der Waals surface area (Å²) in [4.78, 5) is 22.0. The minimum Gasteiger partial charge on any atom is -0.383 e. The molecule has 1 amide bonds. The van der Waals surface area contributed by atoms with E-state index < -0.39 is 0 Å². The van der Waals surface area contributed by atoms with Gasteiger partial charge in [0, 0.05) is 32.8 Å². The lowest BCUT2D eigenvalue weighted by Crippen LogP contribution is -2.29. The van der Waals surface area contributed by atoms with Gasteiger partial charge in [0.25, 0.3) is 5.91 Å². The molecule has 0 aliphatic carbocycles. The van der Waals surface area contributed by atoms with Crippen LogP contribution in [0.4, 0.5) is 5.82 Å². The molecule has 0 saturated carbocycles. The Labute approximate surface area is 107 Å². The fourth-order valence-electron chi connectivity index (χ4n) is 1.55. The fourth-order valence-corrected chi connectivity index (χ4v) is 1.55. The van der Waals surface area contributed by atoms with E-state index in [0.717, 1.165) is 18.9 Å². The Morgan fingerprint density at radius 1 is 1.39 bits per heavy atom. The van der Waals surface area contributed by atoms with Gasteiger partial charge in [-0.3, -0.25) is 4.79 Å². The van der Waals surface area contributed by atoms with Gasteiger partial charge in [0.2, 0.25) is 0 Å². The zero-order valence-corrected chi connectivity index (χ0v) is 11.1. The van der Waals surface area contributed by atoms with E-state index in [1.807, 2.05) is 13.8 Å². The van der Waals surface area contributed by atoms with Crippen LogP contribution in [0.3, 0.4) is 0 Å². The summed E-state index contributed by atoms with van der Waals surface area (Å²) in [7, 11) is 1.59. The fraction of sp³-hybridized carbons (Fsp3) is 0.583. The van der Waals surface area contributed by atoms with Gasteiger partial charge < -0.3 is 15.0 Å². The van der Waals surface area contributed by atoms with Crippen molar-refractivity contribution in [2.75, 3.05) is 38.3 Å². The number of anilines is 1. The molecule has 0 fully saturated rings. The van der Waals surface area contributed by atoms with Gasteiger partial charge in [0.05, 0.1) is 6.61 Å². The first-order chi connectivity index (χ1) is 8.72. The number of methoxy groups -OCH3 is 1. The third-order valence-corrected chi connectivity index (χ3v) is 2.56. The van der Waals surface area contributed by atoms with Crippen LogP contribution in [-0.4, -0.2) is 49.2 Å². The van der Waals surface area contributed by atoms with Crippen molar-refractivity contribution in [1.82, 2.24) is 15.3 Å². The van der Waals surface area contributed by atoms with Crippen LogP contribution in [-0.2, 0) is 4.74 Å². The average Bonchev–Trinajstić information content (AvgIpc) is 2.41. The molecule has 1 N–H and O–H groups in total. The lowest BCUT2D eigenvalue weighted by atomic mass is 10.3. The Morgan fingerprint density at radius 2 is 2.11 bits per heavy atom. The third-order valence-electron chi connectivity index (χ3n) is 2.56. The first-order valence-electron chi connectivity index (χ1n) is 6.07. The number of hydrogen-bond donors (Lipinski definition) is 1. The minimum absolute atomic E-state index is 0.206. The summed E-state index contributed by atoms with van der Waals surface area (Å²) in [5.41, 5.74) is 0.378. The summed E-state index contributed by atoms with van der Waals surface area (Å²) < 4.78 is 4.87. The second-order valence-corrected chi connectivity index (χ2v) is 3.68. The van der Waals surface area contributed by atoms with Crippen molar-refractivity contribution < 1.29 is 9.53 Å². The Hall–Kier alpha value is -1.69. The van der Waals surface area contributed by atoms with E-state index in [0.29, 0.717) is 18.8 Å². The monoisotopic (exact) mass is 252 g/mol. The van der Waals surface area contributed by atoms with Gasteiger partial charge in [-0.15, -0.1) is 0 Å². The molecule has 0 aliphatic rings. The minimum atomic E-state index is -0.206. The van der Waals surface area contributed by atoms with Crippen molar-refractivity contribution in [2.45, 2.75) is 13.8 Å². The third kappa shape index (κ3) is 3.96. The quantitative estimate of drug-likeness (QED) is 0.723. The second kappa shape index (κ2) is 7.60. The number of nitrogens with zero attached hydrogens (tertiary/aromatic N) is 3. The second-order valence-electron chi connectivity index (χ2n) is 3.68. The predicted octanol–water partition coefficient (Wildman–Crippen LogP) is 0.699. The summed E-state index contributed by atoms with van der Waals surface area (Å²) >= 11 is 0. The number of carbonyl (C=O) groups excluding carboxylic acids is 1. The van der Waals surface area contributed by atoms with Crippen molar-refractivity contribution in [1.29, 1.82) is 0 Å². The summed E-state index contributed by atoms with van der Waals surface area (Å²) in [6.07, 6.45) is 1.42. The van der Waals surface area contributed by atoms with Crippen molar-refractivity contribution in [3.8, 4) is 0 Å². The van der Waals surface area contributed by atoms with Crippen molar-refractivity contribution in [3.63, 3.8) is 0 Å². The molecule has 1 heterocycles. The smallest absolute Gasteiger partial charge is 0.270 e. The normalized spacial score (nSPS) is 10.2. The summed E-state index contributed by atoms with van der Waals surface area (Å²) in [5, 5.41) is 2.73. The zero-order valence-electron chi connectivity index (χ0n) is 11.1. The largest absolute Gasteiger partial charge is 0.383 e. The van der Waals surface area contributed by atoms with Crippen LogP contribution in [0.5, 0.6) is 0 Å². The molecule has 0 unspecified atom stereocenters. The summed E-state index contributed by atoms with van der Waals surface area (Å²) in [6, 6.07) is 1.70. The van der Waals surface area contributed by atoms with Gasteiger partial charge in [-0.1, -0.05) is 0 Å². The number of rotatable bonds is 7. The molecular formula is C12H20N4O2. The van der Waals surface area contributed by atoms with Crippen molar-refractivity contribution >= 4 is 11.7 Å². The number of carbonyl (C=O) groups is 1. The molecule has 0 saturated heterocycles. The van der Waals surface area contributed by atoms with E-state index in [9.17, 15) is 4.79 Å². The van der Waals surface area contributed by atoms with Gasteiger partial charge in [-0.25, -0.2) is 9.97 Å². The molecule has 0 aliphatic heterocycles. The maximum absolute atomic E-state index is 11.8. The van der Waals surface area contributed by atoms with E-state index in [1.54, 1.807) is 13.2 Å². The van der Waals surface area contributed by atoms with E-state index >= 15 is 0 Å². The summed E-state index contributed by atoms with van der Waals surface area (Å²) in [6.45, 7) is 6.74. The van der Waals surface area contributed by atoms with Gasteiger partial charge in [-0.2, -0.15) is 0 Å². The molecular weight excluding hydrogens is 232 g/mol. The maximum Gasteiger partial charge on any atom is 0.270 e. The number of amides is 1. The van der Waals surface area contributed by atoms with Crippen molar-refractivity contribution in [3.05, 3.63) is 18.1 Å². The maximum atomic E-state index is 11.8. The Kier molecular flexibility index (Phi) is 6.07. The van der Waals surface area contributed by atoms with Gasteiger partial charge in [0.1, 0.15) is 17.8 Å². The lowest BCUT2D eigenvalue weighted by molar-refractivity contribution is 0.0932. The molecule has 0 aromatic carbocycles. The average molecular weight is 252 g/mol. The molecule has 6 nitrogen and oxygen atoms in total. The highest BCUT2D eigenvalue weighted by atomic mass is 16.5. The van der Waals surface area contributed by atoms with Crippen LogP contribution >= 0.6 is 0 Å². The van der Waals surface area contributed by atoms with E-state index in [2.05, 4.69) is 20.2 Å². The molecule has 1 aromatic rings. The Balaban J connectivity index is 2.72. The van der Waals surface area contributed by atoms with Gasteiger partial charge in [-0.05, 0) is 13.8 Å². The zero-order chi connectivity index (χ0) is 13.4. The Morgan fingerprint density at radius 3 is 2.72 bits per heavy atom. The van der Waals surface area contributed by atoms with Gasteiger partial charge >= 0.3 is 0 Å². The van der Waals surface area contributed by atoms with Crippen LogP contribution in [0.1, 0.15) is 24.3 Å². The molecule has 0 radical (unpaired) electrons. The van der Waals surface area contributed by atoms with Crippen LogP contribution in [0, 0.1) is 0 Å². The van der Waals surface area contributed by atoms with Crippen LogP contribution in [0.25, 0.3) is 0 Å². The lowest BCUT2D eigenvalue weighted by Gasteiger charge is -2.19. The van der Waals surface area contributed by atoms with Crippen LogP contribution in [0.2, 0.25) is 0 Å². The molecule has 1 aromatic heterocycles. The standard InChI is InChI=1S/C12H20N4O2/c1-4-16(5-2)11-8-10(14-9-15-11)12(17)13-6-7-18-3/h8-9H,4-7H2,1-3H3,(H,13,17). The van der Waals surface area contributed by atoms with E-state index in [4.69, 9.17) is 4.74 Å². The topological polar surface area (TPSA) is 67.4 Å². The first kappa shape index (κ1) is 14.4. The molecule has 0 bridgehead atoms. The molecule has 100 valence electrons. The van der Waals surface area contributed by atoms with Gasteiger partial charge in [0.15, 0.2) is 0 Å². The molecule has 0 atom stereocenters. The number of aromatic nitrogens is 2. The van der Waals surface area contributed by atoms with Crippen LogP contribution in [0.15, 0.2) is 12.4 Å². The van der Waals surface area contributed by atoms with E-state index in [1.165, 1.54) is 6.33 Å². The number of ether oxygens (including phenoxy) is 1.